The average molecular weight is 493 g/mol. The van der Waals surface area contributed by atoms with Crippen molar-refractivity contribution in [1.29, 1.82) is 0 Å². The topological polar surface area (TPSA) is 99.3 Å². The lowest BCUT2D eigenvalue weighted by Gasteiger charge is -2.17. The van der Waals surface area contributed by atoms with E-state index < -0.39 is 5.41 Å². The Morgan fingerprint density at radius 3 is 2.61 bits per heavy atom. The number of benzene rings is 1. The van der Waals surface area contributed by atoms with Gasteiger partial charge in [-0.2, -0.15) is 5.10 Å². The van der Waals surface area contributed by atoms with Crippen molar-refractivity contribution in [2.24, 2.45) is 5.41 Å². The van der Waals surface area contributed by atoms with Crippen LogP contribution in [0.3, 0.4) is 0 Å². The van der Waals surface area contributed by atoms with Gasteiger partial charge in [0, 0.05) is 39.7 Å². The Morgan fingerprint density at radius 1 is 0.944 bits per heavy atom. The number of amides is 1. The van der Waals surface area contributed by atoms with Crippen LogP contribution in [0.4, 0.5) is 5.69 Å². The van der Waals surface area contributed by atoms with E-state index in [0.717, 1.165) is 54.9 Å². The Labute approximate surface area is 211 Å². The van der Waals surface area contributed by atoms with Crippen molar-refractivity contribution < 1.29 is 4.79 Å². The van der Waals surface area contributed by atoms with E-state index in [4.69, 9.17) is 0 Å². The molecule has 0 unspecified atom stereocenters. The highest BCUT2D eigenvalue weighted by molar-refractivity contribution is 7.13. The summed E-state index contributed by atoms with van der Waals surface area (Å²) in [7, 11) is 0. The number of anilines is 1. The number of fused-ring (bicyclic) bond motifs is 2. The number of carbonyl (C=O) groups excluding carboxylic acids is 1. The van der Waals surface area contributed by atoms with Crippen LogP contribution in [0.25, 0.3) is 54.9 Å². The third-order valence-electron chi connectivity index (χ3n) is 6.13. The third kappa shape index (κ3) is 3.95. The van der Waals surface area contributed by atoms with Gasteiger partial charge in [-0.05, 0) is 47.3 Å². The molecule has 0 saturated heterocycles. The molecule has 0 aliphatic heterocycles. The summed E-state index contributed by atoms with van der Waals surface area (Å²) in [4.78, 5) is 26.1. The number of rotatable bonds is 4. The van der Waals surface area contributed by atoms with Gasteiger partial charge in [0.05, 0.1) is 33.7 Å². The van der Waals surface area contributed by atoms with E-state index in [-0.39, 0.29) is 5.91 Å². The molecule has 0 spiro atoms. The Kier molecular flexibility index (Phi) is 5.19. The zero-order valence-electron chi connectivity index (χ0n) is 20.1. The highest BCUT2D eigenvalue weighted by Gasteiger charge is 2.21. The molecule has 6 rings (SSSR count). The Bertz CT molecular complexity index is 1720. The first-order chi connectivity index (χ1) is 17.4. The maximum absolute atomic E-state index is 12.4. The zero-order valence-corrected chi connectivity index (χ0v) is 20.9. The molecular formula is C28H24N6OS. The summed E-state index contributed by atoms with van der Waals surface area (Å²) >= 11 is 1.68. The summed E-state index contributed by atoms with van der Waals surface area (Å²) in [6.07, 6.45) is 5.30. The minimum Gasteiger partial charge on any atom is -0.353 e. The fraction of sp³-hybridized carbons (Fsp3) is 0.143. The summed E-state index contributed by atoms with van der Waals surface area (Å²) in [5, 5.41) is 14.9. The number of hydrogen-bond acceptors (Lipinski definition) is 5. The van der Waals surface area contributed by atoms with Gasteiger partial charge >= 0.3 is 0 Å². The van der Waals surface area contributed by atoms with E-state index in [1.165, 1.54) is 0 Å². The fourth-order valence-corrected chi connectivity index (χ4v) is 4.91. The van der Waals surface area contributed by atoms with Gasteiger partial charge in [0.15, 0.2) is 0 Å². The summed E-state index contributed by atoms with van der Waals surface area (Å²) in [6, 6.07) is 16.3. The molecular weight excluding hydrogens is 468 g/mol. The van der Waals surface area contributed by atoms with Gasteiger partial charge in [-0.25, -0.2) is 0 Å². The Balaban J connectivity index is 1.40. The number of hydrogen-bond donors (Lipinski definition) is 3. The first kappa shape index (κ1) is 22.2. The number of pyridine rings is 2. The lowest BCUT2D eigenvalue weighted by atomic mass is 9.95. The molecule has 0 atom stereocenters. The van der Waals surface area contributed by atoms with Crippen LogP contribution in [0.15, 0.2) is 72.5 Å². The molecule has 0 aliphatic rings. The van der Waals surface area contributed by atoms with Crippen LogP contribution >= 0.6 is 11.3 Å². The fourth-order valence-electron chi connectivity index (χ4n) is 4.17. The highest BCUT2D eigenvalue weighted by atomic mass is 32.1. The van der Waals surface area contributed by atoms with E-state index in [0.29, 0.717) is 5.69 Å². The van der Waals surface area contributed by atoms with Gasteiger partial charge in [-0.1, -0.05) is 32.9 Å². The zero-order chi connectivity index (χ0) is 24.9. The van der Waals surface area contributed by atoms with Gasteiger partial charge in [0.2, 0.25) is 5.91 Å². The van der Waals surface area contributed by atoms with Gasteiger partial charge in [0.25, 0.3) is 0 Å². The third-order valence-corrected chi connectivity index (χ3v) is 7.01. The van der Waals surface area contributed by atoms with Gasteiger partial charge < -0.3 is 10.3 Å². The van der Waals surface area contributed by atoms with E-state index in [1.807, 2.05) is 57.3 Å². The molecule has 0 bridgehead atoms. The minimum absolute atomic E-state index is 0.0516. The maximum atomic E-state index is 12.4. The van der Waals surface area contributed by atoms with E-state index in [9.17, 15) is 4.79 Å². The molecule has 3 N–H and O–H groups in total. The molecule has 5 heterocycles. The largest absolute Gasteiger partial charge is 0.353 e. The number of thiophene rings is 1. The number of aromatic nitrogens is 5. The van der Waals surface area contributed by atoms with Crippen molar-refractivity contribution in [1.82, 2.24) is 25.1 Å². The van der Waals surface area contributed by atoms with Crippen LogP contribution in [0, 0.1) is 5.41 Å². The summed E-state index contributed by atoms with van der Waals surface area (Å²) in [5.41, 5.74) is 6.76. The van der Waals surface area contributed by atoms with Crippen LogP contribution < -0.4 is 5.32 Å². The molecule has 6 aromatic rings. The predicted molar refractivity (Wildman–Crippen MR) is 146 cm³/mol. The molecule has 178 valence electrons. The highest BCUT2D eigenvalue weighted by Crippen LogP contribution is 2.35. The minimum atomic E-state index is -0.487. The van der Waals surface area contributed by atoms with Crippen molar-refractivity contribution >= 4 is 44.7 Å². The molecule has 0 aliphatic carbocycles. The first-order valence-electron chi connectivity index (χ1n) is 11.6. The number of nitrogens with one attached hydrogen (secondary N) is 3. The second-order valence-corrected chi connectivity index (χ2v) is 10.7. The van der Waals surface area contributed by atoms with Crippen molar-refractivity contribution in [2.75, 3.05) is 5.32 Å². The molecule has 5 aromatic heterocycles. The summed E-state index contributed by atoms with van der Waals surface area (Å²) < 4.78 is 0. The number of H-pyrrole nitrogens is 2. The van der Waals surface area contributed by atoms with Crippen molar-refractivity contribution in [2.45, 2.75) is 20.8 Å². The molecule has 8 heteroatoms. The van der Waals surface area contributed by atoms with E-state index in [2.05, 4.69) is 54.0 Å². The summed E-state index contributed by atoms with van der Waals surface area (Å²) in [5.74, 6) is -0.0516. The average Bonchev–Trinajstić information content (AvgIpc) is 3.62. The molecule has 1 aromatic carbocycles. The normalized spacial score (nSPS) is 11.9. The van der Waals surface area contributed by atoms with Crippen LogP contribution in [0.1, 0.15) is 20.8 Å². The SMILES string of the molecule is CC(C)(C)C(=O)Nc1cncc(-c2ccc3[nH]nc(-c4cc5c(-c6cccs6)nccc5[nH]4)c3c2)c1. The molecule has 0 radical (unpaired) electrons. The number of aromatic amines is 2. The van der Waals surface area contributed by atoms with Crippen LogP contribution in [-0.2, 0) is 4.79 Å². The molecule has 0 saturated carbocycles. The van der Waals surface area contributed by atoms with Gasteiger partial charge in [0.1, 0.15) is 5.69 Å². The second-order valence-electron chi connectivity index (χ2n) is 9.78. The van der Waals surface area contributed by atoms with Crippen molar-refractivity contribution in [3.8, 4) is 33.1 Å². The standard InChI is InChI=1S/C28H24N6OS/c1-28(2,3)27(35)31-18-11-17(14-29-15-18)16-6-7-22-19(12-16)25(34-33-22)23-13-20-21(32-23)8-9-30-26(20)24-5-4-10-36-24/h4-15,32H,1-3H3,(H,31,35)(H,33,34). The van der Waals surface area contributed by atoms with E-state index in [1.54, 1.807) is 23.7 Å². The molecule has 0 fully saturated rings. The molecule has 1 amide bonds. The lowest BCUT2D eigenvalue weighted by Crippen LogP contribution is -2.27. The Morgan fingerprint density at radius 2 is 1.81 bits per heavy atom. The molecule has 36 heavy (non-hydrogen) atoms. The van der Waals surface area contributed by atoms with Crippen molar-refractivity contribution in [3.05, 3.63) is 72.5 Å². The van der Waals surface area contributed by atoms with Gasteiger partial charge in [-0.3, -0.25) is 19.9 Å². The maximum Gasteiger partial charge on any atom is 0.229 e. The first-order valence-corrected chi connectivity index (χ1v) is 12.5. The number of carbonyl (C=O) groups is 1. The summed E-state index contributed by atoms with van der Waals surface area (Å²) in [6.45, 7) is 5.66. The lowest BCUT2D eigenvalue weighted by molar-refractivity contribution is -0.123. The second kappa shape index (κ2) is 8.42. The number of nitrogens with zero attached hydrogens (tertiary/aromatic N) is 3. The monoisotopic (exact) mass is 492 g/mol. The van der Waals surface area contributed by atoms with Crippen LogP contribution in [0.2, 0.25) is 0 Å². The van der Waals surface area contributed by atoms with Gasteiger partial charge in [-0.15, -0.1) is 11.3 Å². The van der Waals surface area contributed by atoms with Crippen LogP contribution in [-0.4, -0.2) is 31.1 Å². The quantitative estimate of drug-likeness (QED) is 0.250. The Hall–Kier alpha value is -4.30. The van der Waals surface area contributed by atoms with E-state index >= 15 is 0 Å². The smallest absolute Gasteiger partial charge is 0.229 e. The predicted octanol–water partition coefficient (Wildman–Crippen LogP) is 6.88. The van der Waals surface area contributed by atoms with Crippen molar-refractivity contribution in [3.63, 3.8) is 0 Å². The van der Waals surface area contributed by atoms with Crippen LogP contribution in [0.5, 0.6) is 0 Å². The molecule has 7 nitrogen and oxygen atoms in total.